The number of rotatable bonds is 5. The number of aromatic hydroxyl groups is 1. The average molecular weight is 251 g/mol. The van der Waals surface area contributed by atoms with E-state index in [1.807, 2.05) is 0 Å². The fourth-order valence-corrected chi connectivity index (χ4v) is 1.86. The van der Waals surface area contributed by atoms with Gasteiger partial charge in [0.1, 0.15) is 12.2 Å². The average Bonchev–Trinajstić information content (AvgIpc) is 2.28. The van der Waals surface area contributed by atoms with Gasteiger partial charge in [0.15, 0.2) is 0 Å². The van der Waals surface area contributed by atoms with Gasteiger partial charge in [-0.25, -0.2) is 0 Å². The summed E-state index contributed by atoms with van der Waals surface area (Å²) in [5.74, 6) is -1.44. The van der Waals surface area contributed by atoms with Gasteiger partial charge in [0.25, 0.3) is 0 Å². The highest BCUT2D eigenvalue weighted by Gasteiger charge is 2.21. The first-order valence-electron chi connectivity index (χ1n) is 5.76. The van der Waals surface area contributed by atoms with Crippen LogP contribution in [0.2, 0.25) is 0 Å². The number of aliphatic carboxylic acids is 1. The number of carbonyl (C=O) groups is 2. The summed E-state index contributed by atoms with van der Waals surface area (Å²) in [5, 5.41) is 18.0. The first kappa shape index (κ1) is 14.0. The van der Waals surface area contributed by atoms with Gasteiger partial charge in [0.05, 0.1) is 6.04 Å². The van der Waals surface area contributed by atoms with Crippen molar-refractivity contribution in [1.82, 2.24) is 4.90 Å². The lowest BCUT2D eigenvalue weighted by Gasteiger charge is -2.28. The molecule has 0 aromatic heterocycles. The molecule has 1 aromatic carbocycles. The van der Waals surface area contributed by atoms with Crippen molar-refractivity contribution < 1.29 is 19.8 Å². The standard InChI is InChI=1S/C13H17NO4/c1-3-14(12(16)8-13(17)18)9(2)10-5-4-6-11(15)7-10/h4-7,9,15H,3,8H2,1-2H3,(H,17,18). The Balaban J connectivity index is 2.88. The number of phenolic OH excluding ortho intramolecular Hbond substituents is 1. The number of nitrogens with zero attached hydrogens (tertiary/aromatic N) is 1. The van der Waals surface area contributed by atoms with E-state index in [-0.39, 0.29) is 11.8 Å². The van der Waals surface area contributed by atoms with Crippen molar-refractivity contribution in [3.63, 3.8) is 0 Å². The van der Waals surface area contributed by atoms with E-state index < -0.39 is 18.3 Å². The highest BCUT2D eigenvalue weighted by Crippen LogP contribution is 2.23. The monoisotopic (exact) mass is 251 g/mol. The molecule has 0 saturated carbocycles. The molecule has 0 saturated heterocycles. The number of hydrogen-bond donors (Lipinski definition) is 2. The molecular formula is C13H17NO4. The van der Waals surface area contributed by atoms with Crippen LogP contribution in [0.25, 0.3) is 0 Å². The smallest absolute Gasteiger partial charge is 0.312 e. The lowest BCUT2D eigenvalue weighted by Crippen LogP contribution is -2.34. The van der Waals surface area contributed by atoms with Gasteiger partial charge in [-0.3, -0.25) is 9.59 Å². The van der Waals surface area contributed by atoms with Crippen LogP contribution >= 0.6 is 0 Å². The normalized spacial score (nSPS) is 11.9. The van der Waals surface area contributed by atoms with Crippen molar-refractivity contribution in [1.29, 1.82) is 0 Å². The Bertz CT molecular complexity index is 444. The maximum absolute atomic E-state index is 11.8. The van der Waals surface area contributed by atoms with Gasteiger partial charge in [-0.2, -0.15) is 0 Å². The van der Waals surface area contributed by atoms with Crippen molar-refractivity contribution in [2.45, 2.75) is 26.3 Å². The molecule has 5 nitrogen and oxygen atoms in total. The molecule has 18 heavy (non-hydrogen) atoms. The van der Waals surface area contributed by atoms with Crippen molar-refractivity contribution in [2.24, 2.45) is 0 Å². The van der Waals surface area contributed by atoms with Crippen LogP contribution in [0.5, 0.6) is 5.75 Å². The third kappa shape index (κ3) is 3.48. The molecule has 0 fully saturated rings. The highest BCUT2D eigenvalue weighted by atomic mass is 16.4. The topological polar surface area (TPSA) is 77.8 Å². The second kappa shape index (κ2) is 6.05. The largest absolute Gasteiger partial charge is 0.508 e. The van der Waals surface area contributed by atoms with E-state index in [1.165, 1.54) is 4.90 Å². The van der Waals surface area contributed by atoms with Crippen molar-refractivity contribution in [3.8, 4) is 5.75 Å². The lowest BCUT2D eigenvalue weighted by atomic mass is 10.1. The molecule has 0 aliphatic heterocycles. The summed E-state index contributed by atoms with van der Waals surface area (Å²) in [6.45, 7) is 4.01. The highest BCUT2D eigenvalue weighted by molar-refractivity contribution is 5.93. The Hall–Kier alpha value is -2.04. The fraction of sp³-hybridized carbons (Fsp3) is 0.385. The zero-order chi connectivity index (χ0) is 13.7. The Morgan fingerprint density at radius 2 is 2.06 bits per heavy atom. The third-order valence-electron chi connectivity index (χ3n) is 2.78. The van der Waals surface area contributed by atoms with Crippen LogP contribution in [0.4, 0.5) is 0 Å². The molecule has 0 spiro atoms. The lowest BCUT2D eigenvalue weighted by molar-refractivity contribution is -0.145. The summed E-state index contributed by atoms with van der Waals surface area (Å²) in [6, 6.07) is 6.33. The van der Waals surface area contributed by atoms with E-state index >= 15 is 0 Å². The summed E-state index contributed by atoms with van der Waals surface area (Å²) >= 11 is 0. The van der Waals surface area contributed by atoms with Gasteiger partial charge in [-0.1, -0.05) is 12.1 Å². The van der Waals surface area contributed by atoms with Crippen LogP contribution < -0.4 is 0 Å². The molecule has 1 aromatic rings. The number of carboxylic acid groups (broad SMARTS) is 1. The maximum Gasteiger partial charge on any atom is 0.312 e. The Kier molecular flexibility index (Phi) is 4.71. The second-order valence-corrected chi connectivity index (χ2v) is 4.02. The minimum absolute atomic E-state index is 0.126. The van der Waals surface area contributed by atoms with Gasteiger partial charge in [0, 0.05) is 6.54 Å². The number of hydrogen-bond acceptors (Lipinski definition) is 3. The van der Waals surface area contributed by atoms with E-state index in [2.05, 4.69) is 0 Å². The van der Waals surface area contributed by atoms with Crippen molar-refractivity contribution >= 4 is 11.9 Å². The molecule has 2 N–H and O–H groups in total. The third-order valence-corrected chi connectivity index (χ3v) is 2.78. The van der Waals surface area contributed by atoms with Gasteiger partial charge < -0.3 is 15.1 Å². The molecule has 98 valence electrons. The molecule has 1 unspecified atom stereocenters. The quantitative estimate of drug-likeness (QED) is 0.782. The fourth-order valence-electron chi connectivity index (χ4n) is 1.86. The molecular weight excluding hydrogens is 234 g/mol. The first-order valence-corrected chi connectivity index (χ1v) is 5.76. The number of carboxylic acids is 1. The summed E-state index contributed by atoms with van der Waals surface area (Å²) in [5.41, 5.74) is 0.774. The molecule has 0 aliphatic rings. The minimum Gasteiger partial charge on any atom is -0.508 e. The van der Waals surface area contributed by atoms with Crippen molar-refractivity contribution in [3.05, 3.63) is 29.8 Å². The zero-order valence-corrected chi connectivity index (χ0v) is 10.5. The summed E-state index contributed by atoms with van der Waals surface area (Å²) in [6.07, 6.45) is -0.517. The van der Waals surface area contributed by atoms with Crippen LogP contribution in [0.15, 0.2) is 24.3 Å². The molecule has 0 aliphatic carbocycles. The van der Waals surface area contributed by atoms with E-state index in [4.69, 9.17) is 5.11 Å². The summed E-state index contributed by atoms with van der Waals surface area (Å²) in [4.78, 5) is 23.8. The van der Waals surface area contributed by atoms with E-state index in [0.717, 1.165) is 5.56 Å². The number of phenols is 1. The molecule has 1 atom stereocenters. The van der Waals surface area contributed by atoms with Crippen LogP contribution in [0.3, 0.4) is 0 Å². The van der Waals surface area contributed by atoms with Gasteiger partial charge >= 0.3 is 5.97 Å². The number of amides is 1. The molecule has 0 bridgehead atoms. The second-order valence-electron chi connectivity index (χ2n) is 4.02. The van der Waals surface area contributed by atoms with Gasteiger partial charge in [-0.15, -0.1) is 0 Å². The number of benzene rings is 1. The zero-order valence-electron chi connectivity index (χ0n) is 10.5. The molecule has 5 heteroatoms. The minimum atomic E-state index is -1.14. The Labute approximate surface area is 106 Å². The van der Waals surface area contributed by atoms with E-state index in [9.17, 15) is 14.7 Å². The molecule has 1 rings (SSSR count). The predicted molar refractivity (Wildman–Crippen MR) is 66.2 cm³/mol. The predicted octanol–water partition coefficient (Wildman–Crippen LogP) is 1.78. The summed E-state index contributed by atoms with van der Waals surface area (Å²) in [7, 11) is 0. The molecule has 1 amide bonds. The van der Waals surface area contributed by atoms with Crippen LogP contribution in [-0.4, -0.2) is 33.5 Å². The van der Waals surface area contributed by atoms with Gasteiger partial charge in [-0.05, 0) is 31.5 Å². The van der Waals surface area contributed by atoms with Gasteiger partial charge in [0.2, 0.25) is 5.91 Å². The molecule has 0 radical (unpaired) electrons. The molecule has 0 heterocycles. The van der Waals surface area contributed by atoms with Crippen LogP contribution in [0, 0.1) is 0 Å². The Morgan fingerprint density at radius 3 is 2.56 bits per heavy atom. The Morgan fingerprint density at radius 1 is 1.39 bits per heavy atom. The SMILES string of the molecule is CCN(C(=O)CC(=O)O)C(C)c1cccc(O)c1. The number of carbonyl (C=O) groups excluding carboxylic acids is 1. The van der Waals surface area contributed by atoms with E-state index in [0.29, 0.717) is 6.54 Å². The maximum atomic E-state index is 11.8. The van der Waals surface area contributed by atoms with Crippen LogP contribution in [0.1, 0.15) is 31.9 Å². The van der Waals surface area contributed by atoms with Crippen molar-refractivity contribution in [2.75, 3.05) is 6.54 Å². The van der Waals surface area contributed by atoms with E-state index in [1.54, 1.807) is 38.1 Å². The first-order chi connectivity index (χ1) is 8.45. The summed E-state index contributed by atoms with van der Waals surface area (Å²) < 4.78 is 0. The van der Waals surface area contributed by atoms with Crippen LogP contribution in [-0.2, 0) is 9.59 Å².